The lowest BCUT2D eigenvalue weighted by molar-refractivity contribution is 0.0369. The zero-order valence-electron chi connectivity index (χ0n) is 10.9. The van der Waals surface area contributed by atoms with Crippen LogP contribution in [0.1, 0.15) is 5.56 Å². The van der Waals surface area contributed by atoms with Gasteiger partial charge in [0.25, 0.3) is 0 Å². The van der Waals surface area contributed by atoms with Gasteiger partial charge in [0.1, 0.15) is 6.10 Å². The van der Waals surface area contributed by atoms with Gasteiger partial charge >= 0.3 is 0 Å². The Morgan fingerprint density at radius 2 is 2.11 bits per heavy atom. The fourth-order valence-electron chi connectivity index (χ4n) is 2.04. The molecule has 1 aromatic rings. The lowest BCUT2D eigenvalue weighted by Crippen LogP contribution is -2.51. The predicted molar refractivity (Wildman–Crippen MR) is 68.8 cm³/mol. The third kappa shape index (κ3) is 3.13. The Labute approximate surface area is 107 Å². The van der Waals surface area contributed by atoms with Crippen LogP contribution in [0.25, 0.3) is 0 Å². The average molecular weight is 252 g/mol. The van der Waals surface area contributed by atoms with E-state index in [-0.39, 0.29) is 6.10 Å². The molecule has 18 heavy (non-hydrogen) atoms. The minimum atomic E-state index is 0.255. The molecule has 1 aromatic carbocycles. The number of nitrogens with two attached hydrogens (primary N) is 1. The number of hydrogen-bond acceptors (Lipinski definition) is 5. The van der Waals surface area contributed by atoms with Crippen LogP contribution in [-0.2, 0) is 11.3 Å². The maximum absolute atomic E-state index is 5.92. The lowest BCUT2D eigenvalue weighted by atomic mass is 10.1. The van der Waals surface area contributed by atoms with E-state index in [4.69, 9.17) is 15.4 Å². The highest BCUT2D eigenvalue weighted by Gasteiger charge is 2.25. The Morgan fingerprint density at radius 3 is 2.72 bits per heavy atom. The minimum absolute atomic E-state index is 0.255. The summed E-state index contributed by atoms with van der Waals surface area (Å²) in [5.41, 5.74) is 1.13. The van der Waals surface area contributed by atoms with Crippen LogP contribution in [0.2, 0.25) is 0 Å². The number of hydrogen-bond donors (Lipinski definition) is 1. The third-order valence-corrected chi connectivity index (χ3v) is 3.06. The maximum atomic E-state index is 5.92. The molecular formula is C13H20N2O3. The normalized spacial score (nSPS) is 16.4. The SMILES string of the molecule is COc1ccc(CCON)cc1OC1CN(C)C1. The summed E-state index contributed by atoms with van der Waals surface area (Å²) in [7, 11) is 3.73. The van der Waals surface area contributed by atoms with E-state index in [1.165, 1.54) is 0 Å². The van der Waals surface area contributed by atoms with Gasteiger partial charge in [-0.3, -0.25) is 4.90 Å². The molecule has 0 spiro atoms. The Kier molecular flexibility index (Phi) is 4.41. The van der Waals surface area contributed by atoms with Crippen LogP contribution in [-0.4, -0.2) is 44.9 Å². The van der Waals surface area contributed by atoms with Gasteiger partial charge in [-0.05, 0) is 31.2 Å². The summed E-state index contributed by atoms with van der Waals surface area (Å²) in [4.78, 5) is 6.80. The first-order chi connectivity index (χ1) is 8.72. The number of methoxy groups -OCH3 is 1. The van der Waals surface area contributed by atoms with Crippen LogP contribution in [0, 0.1) is 0 Å². The third-order valence-electron chi connectivity index (χ3n) is 3.06. The van der Waals surface area contributed by atoms with Crippen molar-refractivity contribution in [2.45, 2.75) is 12.5 Å². The van der Waals surface area contributed by atoms with Crippen molar-refractivity contribution in [3.05, 3.63) is 23.8 Å². The molecule has 1 saturated heterocycles. The summed E-state index contributed by atoms with van der Waals surface area (Å²) < 4.78 is 11.2. The molecule has 0 atom stereocenters. The second-order valence-corrected chi connectivity index (χ2v) is 4.57. The molecule has 100 valence electrons. The van der Waals surface area contributed by atoms with Gasteiger partial charge in [0, 0.05) is 13.1 Å². The molecule has 0 unspecified atom stereocenters. The van der Waals surface area contributed by atoms with Crippen LogP contribution in [0.5, 0.6) is 11.5 Å². The highest BCUT2D eigenvalue weighted by Crippen LogP contribution is 2.30. The van der Waals surface area contributed by atoms with Crippen molar-refractivity contribution < 1.29 is 14.3 Å². The minimum Gasteiger partial charge on any atom is -0.493 e. The van der Waals surface area contributed by atoms with Gasteiger partial charge < -0.3 is 14.3 Å². The monoisotopic (exact) mass is 252 g/mol. The van der Waals surface area contributed by atoms with Gasteiger partial charge in [0.2, 0.25) is 0 Å². The van der Waals surface area contributed by atoms with Crippen LogP contribution in [0.15, 0.2) is 18.2 Å². The van der Waals surface area contributed by atoms with E-state index in [1.54, 1.807) is 7.11 Å². The van der Waals surface area contributed by atoms with E-state index in [2.05, 4.69) is 16.8 Å². The Hall–Kier alpha value is -1.30. The van der Waals surface area contributed by atoms with Crippen molar-refractivity contribution in [2.75, 3.05) is 33.9 Å². The number of likely N-dealkylation sites (tertiary alicyclic amines) is 1. The number of likely N-dealkylation sites (N-methyl/N-ethyl adjacent to an activating group) is 1. The lowest BCUT2D eigenvalue weighted by Gasteiger charge is -2.36. The molecule has 0 radical (unpaired) electrons. The summed E-state index contributed by atoms with van der Waals surface area (Å²) in [5, 5.41) is 0. The van der Waals surface area contributed by atoms with Crippen molar-refractivity contribution in [1.82, 2.24) is 4.90 Å². The van der Waals surface area contributed by atoms with Gasteiger partial charge in [-0.1, -0.05) is 6.07 Å². The first kappa shape index (κ1) is 13.1. The smallest absolute Gasteiger partial charge is 0.161 e. The topological polar surface area (TPSA) is 57.0 Å². The fourth-order valence-corrected chi connectivity index (χ4v) is 2.04. The molecular weight excluding hydrogens is 232 g/mol. The predicted octanol–water partition coefficient (Wildman–Crippen LogP) is 0.821. The molecule has 1 fully saturated rings. The highest BCUT2D eigenvalue weighted by molar-refractivity contribution is 5.43. The summed E-state index contributed by atoms with van der Waals surface area (Å²) in [6, 6.07) is 5.91. The van der Waals surface area contributed by atoms with Crippen molar-refractivity contribution in [2.24, 2.45) is 5.90 Å². The molecule has 2 N–H and O–H groups in total. The Balaban J connectivity index is 2.04. The summed E-state index contributed by atoms with van der Waals surface area (Å²) in [6.07, 6.45) is 1.02. The van der Waals surface area contributed by atoms with E-state index < -0.39 is 0 Å². The first-order valence-electron chi connectivity index (χ1n) is 6.06. The maximum Gasteiger partial charge on any atom is 0.161 e. The van der Waals surface area contributed by atoms with Gasteiger partial charge in [-0.15, -0.1) is 0 Å². The van der Waals surface area contributed by atoms with Crippen LogP contribution < -0.4 is 15.4 Å². The second kappa shape index (κ2) is 6.04. The molecule has 2 rings (SSSR count). The number of nitrogens with zero attached hydrogens (tertiary/aromatic N) is 1. The summed E-state index contributed by atoms with van der Waals surface area (Å²) in [6.45, 7) is 2.41. The van der Waals surface area contributed by atoms with E-state index in [1.807, 2.05) is 18.2 Å². The summed E-state index contributed by atoms with van der Waals surface area (Å²) in [5.74, 6) is 6.60. The van der Waals surface area contributed by atoms with Crippen LogP contribution in [0.4, 0.5) is 0 Å². The highest BCUT2D eigenvalue weighted by atomic mass is 16.6. The number of rotatable bonds is 6. The zero-order valence-corrected chi connectivity index (χ0v) is 10.9. The molecule has 1 heterocycles. The quantitative estimate of drug-likeness (QED) is 0.760. The van der Waals surface area contributed by atoms with E-state index in [0.717, 1.165) is 36.6 Å². The van der Waals surface area contributed by atoms with Crippen molar-refractivity contribution in [1.29, 1.82) is 0 Å². The standard InChI is InChI=1S/C13H20N2O3/c1-15-8-11(9-15)18-13-7-10(5-6-17-14)3-4-12(13)16-2/h3-4,7,11H,5-6,8-9,14H2,1-2H3. The zero-order chi connectivity index (χ0) is 13.0. The van der Waals surface area contributed by atoms with Crippen LogP contribution >= 0.6 is 0 Å². The van der Waals surface area contributed by atoms with E-state index in [0.29, 0.717) is 6.61 Å². The van der Waals surface area contributed by atoms with Crippen molar-refractivity contribution in [3.63, 3.8) is 0 Å². The van der Waals surface area contributed by atoms with Gasteiger partial charge in [0.05, 0.1) is 13.7 Å². The molecule has 5 nitrogen and oxygen atoms in total. The molecule has 5 heteroatoms. The molecule has 0 saturated carbocycles. The van der Waals surface area contributed by atoms with Gasteiger partial charge in [0.15, 0.2) is 11.5 Å². The fraction of sp³-hybridized carbons (Fsp3) is 0.538. The number of ether oxygens (including phenoxy) is 2. The van der Waals surface area contributed by atoms with E-state index in [9.17, 15) is 0 Å². The molecule has 0 aliphatic carbocycles. The molecule has 1 aliphatic rings. The van der Waals surface area contributed by atoms with Crippen LogP contribution in [0.3, 0.4) is 0 Å². The molecule has 0 aromatic heterocycles. The molecule has 0 amide bonds. The average Bonchev–Trinajstić information content (AvgIpc) is 2.35. The summed E-state index contributed by atoms with van der Waals surface area (Å²) >= 11 is 0. The largest absolute Gasteiger partial charge is 0.493 e. The number of benzene rings is 1. The Bertz CT molecular complexity index is 392. The Morgan fingerprint density at radius 1 is 1.33 bits per heavy atom. The second-order valence-electron chi connectivity index (χ2n) is 4.57. The molecule has 1 aliphatic heterocycles. The van der Waals surface area contributed by atoms with E-state index >= 15 is 0 Å². The van der Waals surface area contributed by atoms with Gasteiger partial charge in [-0.2, -0.15) is 0 Å². The first-order valence-corrected chi connectivity index (χ1v) is 6.06. The molecule has 0 bridgehead atoms. The van der Waals surface area contributed by atoms with Crippen molar-refractivity contribution >= 4 is 0 Å². The van der Waals surface area contributed by atoms with Gasteiger partial charge in [-0.25, -0.2) is 5.90 Å². The van der Waals surface area contributed by atoms with Crippen molar-refractivity contribution in [3.8, 4) is 11.5 Å².